The zero-order valence-electron chi connectivity index (χ0n) is 13.9. The summed E-state index contributed by atoms with van der Waals surface area (Å²) in [7, 11) is 0. The molecule has 1 N–H and O–H groups in total. The molecule has 0 saturated heterocycles. The number of carbonyl (C=O) groups excluding carboxylic acids is 1. The maximum Gasteiger partial charge on any atom is 0.254 e. The summed E-state index contributed by atoms with van der Waals surface area (Å²) in [6.07, 6.45) is 0. The number of amides is 1. The largest absolute Gasteiger partial charge is 0.325 e. The van der Waals surface area contributed by atoms with Crippen LogP contribution in [0.15, 0.2) is 63.9 Å². The molecule has 3 rings (SSSR count). The first-order valence-electron chi connectivity index (χ1n) is 7.82. The number of halogens is 2. The molecule has 26 heavy (non-hydrogen) atoms. The van der Waals surface area contributed by atoms with Crippen LogP contribution in [0, 0.1) is 6.92 Å². The molecule has 132 valence electrons. The molecular weight excluding hydrogens is 418 g/mol. The molecular formula is C19H15BrClN3O2. The van der Waals surface area contributed by atoms with Crippen LogP contribution in [0.2, 0.25) is 5.02 Å². The van der Waals surface area contributed by atoms with Crippen molar-refractivity contribution in [3.8, 4) is 11.4 Å². The van der Waals surface area contributed by atoms with E-state index >= 15 is 0 Å². The number of carbonyl (C=O) groups is 1. The van der Waals surface area contributed by atoms with Gasteiger partial charge in [0.1, 0.15) is 12.4 Å². The third-order valence-corrected chi connectivity index (χ3v) is 4.41. The first-order chi connectivity index (χ1) is 12.4. The Morgan fingerprint density at radius 3 is 2.62 bits per heavy atom. The third-order valence-electron chi connectivity index (χ3n) is 3.65. The zero-order chi connectivity index (χ0) is 18.7. The van der Waals surface area contributed by atoms with E-state index < -0.39 is 0 Å². The topological polar surface area (TPSA) is 64.0 Å². The zero-order valence-corrected chi connectivity index (χ0v) is 16.2. The molecule has 0 spiro atoms. The lowest BCUT2D eigenvalue weighted by molar-refractivity contribution is -0.116. The Kier molecular flexibility index (Phi) is 5.54. The Balaban J connectivity index is 1.93. The molecule has 0 aliphatic rings. The SMILES string of the molecule is Cc1cc(=O)n(CC(=O)Nc2ccc(Br)cc2)c(-c2cccc(Cl)c2)n1. The van der Waals surface area contributed by atoms with E-state index in [2.05, 4.69) is 26.2 Å². The first-order valence-corrected chi connectivity index (χ1v) is 8.99. The second-order valence-electron chi connectivity index (χ2n) is 5.71. The van der Waals surface area contributed by atoms with Gasteiger partial charge in [-0.2, -0.15) is 0 Å². The quantitative estimate of drug-likeness (QED) is 0.669. The monoisotopic (exact) mass is 431 g/mol. The van der Waals surface area contributed by atoms with E-state index in [0.29, 0.717) is 27.8 Å². The molecule has 5 nitrogen and oxygen atoms in total. The summed E-state index contributed by atoms with van der Waals surface area (Å²) in [6.45, 7) is 1.59. The van der Waals surface area contributed by atoms with E-state index in [-0.39, 0.29) is 18.0 Å². The minimum Gasteiger partial charge on any atom is -0.325 e. The lowest BCUT2D eigenvalue weighted by Gasteiger charge is -2.13. The van der Waals surface area contributed by atoms with E-state index in [1.165, 1.54) is 10.6 Å². The average molecular weight is 433 g/mol. The van der Waals surface area contributed by atoms with Crippen molar-refractivity contribution in [3.63, 3.8) is 0 Å². The van der Waals surface area contributed by atoms with Crippen LogP contribution in [0.1, 0.15) is 5.69 Å². The summed E-state index contributed by atoms with van der Waals surface area (Å²) in [5.41, 5.74) is 1.61. The second kappa shape index (κ2) is 7.85. The number of aryl methyl sites for hydroxylation is 1. The third kappa shape index (κ3) is 4.39. The fraction of sp³-hybridized carbons (Fsp3) is 0.105. The molecule has 0 unspecified atom stereocenters. The van der Waals surface area contributed by atoms with Crippen molar-refractivity contribution in [2.75, 3.05) is 5.32 Å². The summed E-state index contributed by atoms with van der Waals surface area (Å²) >= 11 is 9.40. The van der Waals surface area contributed by atoms with Crippen molar-refractivity contribution in [3.05, 3.63) is 80.1 Å². The van der Waals surface area contributed by atoms with Gasteiger partial charge in [0.15, 0.2) is 0 Å². The summed E-state index contributed by atoms with van der Waals surface area (Å²) in [5, 5.41) is 3.31. The summed E-state index contributed by atoms with van der Waals surface area (Å²) in [6, 6.07) is 15.6. The Morgan fingerprint density at radius 2 is 1.92 bits per heavy atom. The standard InChI is InChI=1S/C19H15BrClN3O2/c1-12-9-18(26)24(19(22-12)13-3-2-4-15(21)10-13)11-17(25)23-16-7-5-14(20)6-8-16/h2-10H,11H2,1H3,(H,23,25). The fourth-order valence-corrected chi connectivity index (χ4v) is 2.95. The summed E-state index contributed by atoms with van der Waals surface area (Å²) in [4.78, 5) is 29.3. The van der Waals surface area contributed by atoms with E-state index in [1.54, 1.807) is 43.3 Å². The number of aromatic nitrogens is 2. The van der Waals surface area contributed by atoms with Gasteiger partial charge in [-0.05, 0) is 43.3 Å². The molecule has 1 amide bonds. The molecule has 2 aromatic carbocycles. The number of anilines is 1. The van der Waals surface area contributed by atoms with Crippen LogP contribution >= 0.6 is 27.5 Å². The van der Waals surface area contributed by atoms with Crippen LogP contribution in [-0.2, 0) is 11.3 Å². The van der Waals surface area contributed by atoms with Gasteiger partial charge in [0.2, 0.25) is 5.91 Å². The van der Waals surface area contributed by atoms with Crippen molar-refractivity contribution in [1.82, 2.24) is 9.55 Å². The van der Waals surface area contributed by atoms with Crippen LogP contribution in [0.25, 0.3) is 11.4 Å². The highest BCUT2D eigenvalue weighted by atomic mass is 79.9. The molecule has 1 heterocycles. The highest BCUT2D eigenvalue weighted by Crippen LogP contribution is 2.21. The number of hydrogen-bond acceptors (Lipinski definition) is 3. The van der Waals surface area contributed by atoms with E-state index in [9.17, 15) is 9.59 Å². The number of nitrogens with zero attached hydrogens (tertiary/aromatic N) is 2. The van der Waals surface area contributed by atoms with Gasteiger partial charge < -0.3 is 5.32 Å². The molecule has 0 atom stereocenters. The number of benzene rings is 2. The Labute approximate surface area is 163 Å². The van der Waals surface area contributed by atoms with Gasteiger partial charge in [-0.1, -0.05) is 39.7 Å². The van der Waals surface area contributed by atoms with Gasteiger partial charge in [0, 0.05) is 32.5 Å². The molecule has 1 aromatic heterocycles. The molecule has 0 aliphatic carbocycles. The maximum atomic E-state index is 12.5. The van der Waals surface area contributed by atoms with Crippen LogP contribution in [0.3, 0.4) is 0 Å². The van der Waals surface area contributed by atoms with Crippen LogP contribution < -0.4 is 10.9 Å². The minimum absolute atomic E-state index is 0.149. The first kappa shape index (κ1) is 18.4. The Hall–Kier alpha value is -2.44. The van der Waals surface area contributed by atoms with Crippen LogP contribution in [0.5, 0.6) is 0 Å². The Bertz CT molecular complexity index is 1020. The van der Waals surface area contributed by atoms with E-state index in [0.717, 1.165) is 4.47 Å². The van der Waals surface area contributed by atoms with Crippen molar-refractivity contribution in [2.45, 2.75) is 13.5 Å². The smallest absolute Gasteiger partial charge is 0.254 e. The number of nitrogens with one attached hydrogen (secondary N) is 1. The Morgan fingerprint density at radius 1 is 1.19 bits per heavy atom. The summed E-state index contributed by atoms with van der Waals surface area (Å²) < 4.78 is 2.25. The van der Waals surface area contributed by atoms with Crippen molar-refractivity contribution < 1.29 is 4.79 Å². The fourth-order valence-electron chi connectivity index (χ4n) is 2.50. The maximum absolute atomic E-state index is 12.5. The molecule has 0 radical (unpaired) electrons. The van der Waals surface area contributed by atoms with Gasteiger partial charge in [-0.25, -0.2) is 4.98 Å². The normalized spacial score (nSPS) is 10.6. The van der Waals surface area contributed by atoms with Gasteiger partial charge >= 0.3 is 0 Å². The van der Waals surface area contributed by atoms with Gasteiger partial charge in [0.05, 0.1) is 0 Å². The van der Waals surface area contributed by atoms with E-state index in [4.69, 9.17) is 11.6 Å². The molecule has 0 saturated carbocycles. The predicted octanol–water partition coefficient (Wildman–Crippen LogP) is 4.27. The molecule has 3 aromatic rings. The lowest BCUT2D eigenvalue weighted by Crippen LogP contribution is -2.29. The number of hydrogen-bond donors (Lipinski definition) is 1. The second-order valence-corrected chi connectivity index (χ2v) is 7.06. The highest BCUT2D eigenvalue weighted by molar-refractivity contribution is 9.10. The molecule has 0 aliphatic heterocycles. The summed E-state index contributed by atoms with van der Waals surface area (Å²) in [5.74, 6) is 0.0896. The van der Waals surface area contributed by atoms with Crippen molar-refractivity contribution in [2.24, 2.45) is 0 Å². The van der Waals surface area contributed by atoms with Gasteiger partial charge in [0.25, 0.3) is 5.56 Å². The number of rotatable bonds is 4. The average Bonchev–Trinajstić information content (AvgIpc) is 2.59. The van der Waals surface area contributed by atoms with Gasteiger partial charge in [-0.15, -0.1) is 0 Å². The molecule has 0 fully saturated rings. The van der Waals surface area contributed by atoms with Crippen LogP contribution in [0.4, 0.5) is 5.69 Å². The lowest BCUT2D eigenvalue weighted by atomic mass is 10.2. The molecule has 7 heteroatoms. The van der Waals surface area contributed by atoms with Crippen LogP contribution in [-0.4, -0.2) is 15.5 Å². The highest BCUT2D eigenvalue weighted by Gasteiger charge is 2.13. The minimum atomic E-state index is -0.316. The van der Waals surface area contributed by atoms with Crippen molar-refractivity contribution in [1.29, 1.82) is 0 Å². The van der Waals surface area contributed by atoms with Gasteiger partial charge in [-0.3, -0.25) is 14.2 Å². The van der Waals surface area contributed by atoms with E-state index in [1.807, 2.05) is 12.1 Å². The molecule has 0 bridgehead atoms. The van der Waals surface area contributed by atoms with Crippen molar-refractivity contribution >= 4 is 39.1 Å². The predicted molar refractivity (Wildman–Crippen MR) is 106 cm³/mol.